The van der Waals surface area contributed by atoms with E-state index in [9.17, 15) is 13.2 Å². The molecular weight excluding hydrogens is 484 g/mol. The van der Waals surface area contributed by atoms with Crippen LogP contribution in [-0.2, 0) is 6.18 Å². The Morgan fingerprint density at radius 3 is 2.49 bits per heavy atom. The molecule has 7 aromatic rings. The Labute approximate surface area is 205 Å². The monoisotopic (exact) mass is 498 g/mol. The molecule has 37 heavy (non-hydrogen) atoms. The molecule has 0 saturated heterocycles. The van der Waals surface area contributed by atoms with E-state index in [2.05, 4.69) is 20.2 Å². The van der Waals surface area contributed by atoms with Gasteiger partial charge in [-0.15, -0.1) is 10.2 Å². The van der Waals surface area contributed by atoms with Crippen molar-refractivity contribution in [3.05, 3.63) is 96.8 Å². The maximum atomic E-state index is 15.1. The van der Waals surface area contributed by atoms with Crippen molar-refractivity contribution < 1.29 is 17.6 Å². The molecule has 0 saturated carbocycles. The van der Waals surface area contributed by atoms with Crippen molar-refractivity contribution in [3.8, 4) is 16.8 Å². The van der Waals surface area contributed by atoms with Crippen LogP contribution in [0.5, 0.6) is 0 Å². The minimum atomic E-state index is -4.64. The van der Waals surface area contributed by atoms with Crippen LogP contribution < -0.4 is 0 Å². The number of halogens is 4. The highest BCUT2D eigenvalue weighted by Gasteiger charge is 2.32. The number of hydrogen-bond acceptors (Lipinski definition) is 4. The van der Waals surface area contributed by atoms with Crippen LogP contribution in [0.2, 0.25) is 0 Å². The highest BCUT2D eigenvalue weighted by atomic mass is 19.4. The van der Waals surface area contributed by atoms with Gasteiger partial charge in [-0.1, -0.05) is 24.3 Å². The van der Waals surface area contributed by atoms with Gasteiger partial charge in [0, 0.05) is 22.5 Å². The number of benzene rings is 3. The molecule has 0 aliphatic rings. The first-order valence-electron chi connectivity index (χ1n) is 11.2. The lowest BCUT2D eigenvalue weighted by Gasteiger charge is -2.12. The summed E-state index contributed by atoms with van der Waals surface area (Å²) in [5.74, 6) is -0.657. The van der Waals surface area contributed by atoms with Crippen LogP contribution in [0.25, 0.3) is 55.4 Å². The van der Waals surface area contributed by atoms with Gasteiger partial charge in [0.25, 0.3) is 0 Å². The molecule has 0 aliphatic heterocycles. The maximum absolute atomic E-state index is 15.1. The number of aromatic nitrogens is 6. The van der Waals surface area contributed by atoms with Gasteiger partial charge in [0.15, 0.2) is 0 Å². The number of hydrogen-bond donors (Lipinski definition) is 0. The second kappa shape index (κ2) is 7.57. The average molecular weight is 498 g/mol. The van der Waals surface area contributed by atoms with Crippen LogP contribution in [0.1, 0.15) is 5.56 Å². The van der Waals surface area contributed by atoms with E-state index in [-0.39, 0.29) is 11.5 Å². The Balaban J connectivity index is 1.55. The first kappa shape index (κ1) is 21.4. The minimum absolute atomic E-state index is 0.167. The van der Waals surface area contributed by atoms with Gasteiger partial charge in [-0.3, -0.25) is 18.9 Å². The van der Waals surface area contributed by atoms with Gasteiger partial charge in [-0.05, 0) is 48.0 Å². The largest absolute Gasteiger partial charge is 0.416 e. The van der Waals surface area contributed by atoms with E-state index in [4.69, 9.17) is 0 Å². The third-order valence-corrected chi connectivity index (χ3v) is 6.47. The molecule has 3 aromatic carbocycles. The van der Waals surface area contributed by atoms with E-state index in [1.165, 1.54) is 10.9 Å². The molecule has 0 atom stereocenters. The Kier molecular flexibility index (Phi) is 4.38. The number of rotatable bonds is 2. The number of fused-ring (bicyclic) bond motifs is 6. The van der Waals surface area contributed by atoms with Crippen LogP contribution in [0.3, 0.4) is 0 Å². The third kappa shape index (κ3) is 3.25. The van der Waals surface area contributed by atoms with Gasteiger partial charge in [0.2, 0.25) is 5.78 Å². The van der Waals surface area contributed by atoms with Crippen LogP contribution in [0, 0.1) is 5.82 Å². The summed E-state index contributed by atoms with van der Waals surface area (Å²) in [4.78, 5) is 9.07. The lowest BCUT2D eigenvalue weighted by atomic mass is 10.0. The lowest BCUT2D eigenvalue weighted by molar-refractivity contribution is -0.137. The zero-order valence-electron chi connectivity index (χ0n) is 18.8. The second-order valence-electron chi connectivity index (χ2n) is 8.64. The number of alkyl halides is 3. The van der Waals surface area contributed by atoms with Crippen LogP contribution in [0.4, 0.5) is 17.6 Å². The highest BCUT2D eigenvalue weighted by molar-refractivity contribution is 6.06. The molecule has 4 heterocycles. The molecule has 0 aliphatic carbocycles. The van der Waals surface area contributed by atoms with Gasteiger partial charge in [0.05, 0.1) is 39.5 Å². The quantitative estimate of drug-likeness (QED) is 0.252. The number of para-hydroxylation sites is 1. The molecule has 0 fully saturated rings. The zero-order chi connectivity index (χ0) is 25.3. The lowest BCUT2D eigenvalue weighted by Crippen LogP contribution is -2.08. The van der Waals surface area contributed by atoms with Gasteiger partial charge in [-0.2, -0.15) is 13.2 Å². The molecule has 10 heteroatoms. The SMILES string of the molecule is Fc1ccc(C(F)(F)F)cc1-n1c2c3cc(-c4cnc5ccccc5c4)ccc3ncc2n2cnnc12. The van der Waals surface area contributed by atoms with Crippen molar-refractivity contribution in [2.24, 2.45) is 0 Å². The molecule has 0 N–H and O–H groups in total. The summed E-state index contributed by atoms with van der Waals surface area (Å²) in [5.41, 5.74) is 2.87. The Morgan fingerprint density at radius 1 is 0.784 bits per heavy atom. The van der Waals surface area contributed by atoms with Crippen molar-refractivity contribution in [2.45, 2.75) is 6.18 Å². The number of pyridine rings is 2. The summed E-state index contributed by atoms with van der Waals surface area (Å²) in [6, 6.07) is 17.7. The zero-order valence-corrected chi connectivity index (χ0v) is 18.8. The van der Waals surface area contributed by atoms with Crippen molar-refractivity contribution >= 4 is 38.6 Å². The van der Waals surface area contributed by atoms with Gasteiger partial charge < -0.3 is 0 Å². The maximum Gasteiger partial charge on any atom is 0.416 e. The fraction of sp³-hybridized carbons (Fsp3) is 0.0370. The normalized spacial score (nSPS) is 12.3. The molecule has 6 nitrogen and oxygen atoms in total. The van der Waals surface area contributed by atoms with E-state index < -0.39 is 17.6 Å². The standard InChI is InChI=1S/C27H14F4N6/c28-20-7-6-18(27(29,30)31)11-23(20)37-25-19-10-15(17-9-16-3-1-2-4-21(16)32-12-17)5-8-22(19)33-13-24(25)36-14-34-35-26(36)37/h1-14H. The van der Waals surface area contributed by atoms with E-state index in [0.717, 1.165) is 40.2 Å². The molecular formula is C27H14F4N6. The molecule has 4 aromatic heterocycles. The molecule has 0 amide bonds. The van der Waals surface area contributed by atoms with Gasteiger partial charge >= 0.3 is 6.18 Å². The van der Waals surface area contributed by atoms with Crippen LogP contribution >= 0.6 is 0 Å². The molecule has 7 rings (SSSR count). The summed E-state index contributed by atoms with van der Waals surface area (Å²) in [7, 11) is 0. The molecule has 0 spiro atoms. The highest BCUT2D eigenvalue weighted by Crippen LogP contribution is 2.36. The molecule has 0 radical (unpaired) electrons. The van der Waals surface area contributed by atoms with Gasteiger partial charge in [-0.25, -0.2) is 4.39 Å². The number of imidazole rings is 1. The first-order chi connectivity index (χ1) is 17.9. The van der Waals surface area contributed by atoms with Crippen molar-refractivity contribution in [2.75, 3.05) is 0 Å². The Hall–Kier alpha value is -4.86. The van der Waals surface area contributed by atoms with E-state index in [1.54, 1.807) is 16.8 Å². The third-order valence-electron chi connectivity index (χ3n) is 6.47. The van der Waals surface area contributed by atoms with Crippen molar-refractivity contribution in [1.82, 2.24) is 29.1 Å². The predicted octanol–water partition coefficient (Wildman–Crippen LogP) is 6.59. The minimum Gasteiger partial charge on any atom is -0.273 e. The topological polar surface area (TPSA) is 60.9 Å². The second-order valence-corrected chi connectivity index (χ2v) is 8.64. The van der Waals surface area contributed by atoms with Crippen LogP contribution in [-0.4, -0.2) is 29.1 Å². The summed E-state index contributed by atoms with van der Waals surface area (Å²) in [5, 5.41) is 9.55. The smallest absolute Gasteiger partial charge is 0.273 e. The summed E-state index contributed by atoms with van der Waals surface area (Å²) in [6.45, 7) is 0. The average Bonchev–Trinajstić information content (AvgIpc) is 3.49. The first-order valence-corrected chi connectivity index (χ1v) is 11.2. The predicted molar refractivity (Wildman–Crippen MR) is 131 cm³/mol. The number of nitrogens with zero attached hydrogens (tertiary/aromatic N) is 6. The van der Waals surface area contributed by atoms with E-state index in [0.29, 0.717) is 21.9 Å². The Morgan fingerprint density at radius 2 is 1.62 bits per heavy atom. The fourth-order valence-electron chi connectivity index (χ4n) is 4.73. The summed E-state index contributed by atoms with van der Waals surface area (Å²) < 4.78 is 58.6. The van der Waals surface area contributed by atoms with Crippen molar-refractivity contribution in [1.29, 1.82) is 0 Å². The fourth-order valence-corrected chi connectivity index (χ4v) is 4.73. The van der Waals surface area contributed by atoms with Crippen LogP contribution in [0.15, 0.2) is 85.5 Å². The molecule has 0 unspecified atom stereocenters. The van der Waals surface area contributed by atoms with Gasteiger partial charge in [0.1, 0.15) is 12.1 Å². The van der Waals surface area contributed by atoms with Crippen molar-refractivity contribution in [3.63, 3.8) is 0 Å². The molecule has 0 bridgehead atoms. The Bertz CT molecular complexity index is 2000. The molecule has 180 valence electrons. The summed E-state index contributed by atoms with van der Waals surface area (Å²) >= 11 is 0. The van der Waals surface area contributed by atoms with E-state index >= 15 is 4.39 Å². The van der Waals surface area contributed by atoms with E-state index in [1.807, 2.05) is 48.5 Å². The summed E-state index contributed by atoms with van der Waals surface area (Å²) in [6.07, 6.45) is 0.117.